The number of halogens is 3. The number of nitrogens with two attached hydrogens (primary N) is 1. The van der Waals surface area contributed by atoms with Crippen LogP contribution in [-0.4, -0.2) is 26.7 Å². The highest BCUT2D eigenvalue weighted by Gasteiger charge is 2.06. The quantitative estimate of drug-likeness (QED) is 0.332. The standard InChI is InChI=1S/C18H21Cl2N3O2.HI/c1-24-16-7-6-12(10-17(16)25-2)11-23-18(21)22-9-8-13-14(19)4-3-5-15(13)20;/h3-7,10H,8-9,11H2,1-2H3,(H3,21,22,23);1H. The highest BCUT2D eigenvalue weighted by molar-refractivity contribution is 14.0. The number of aliphatic imine (C=N–C) groups is 1. The van der Waals surface area contributed by atoms with E-state index in [1.54, 1.807) is 14.2 Å². The van der Waals surface area contributed by atoms with E-state index in [1.165, 1.54) is 0 Å². The Morgan fingerprint density at radius 1 is 1.08 bits per heavy atom. The van der Waals surface area contributed by atoms with Gasteiger partial charge in [0.05, 0.1) is 20.8 Å². The Labute approximate surface area is 180 Å². The second-order valence-corrected chi connectivity index (χ2v) is 6.08. The van der Waals surface area contributed by atoms with Crippen LogP contribution in [0, 0.1) is 0 Å². The van der Waals surface area contributed by atoms with Crippen LogP contribution in [0.2, 0.25) is 10.0 Å². The maximum absolute atomic E-state index is 6.14. The summed E-state index contributed by atoms with van der Waals surface area (Å²) in [6.07, 6.45) is 0.658. The molecule has 0 bridgehead atoms. The largest absolute Gasteiger partial charge is 0.493 e. The second-order valence-electron chi connectivity index (χ2n) is 5.27. The van der Waals surface area contributed by atoms with Gasteiger partial charge in [-0.25, -0.2) is 4.99 Å². The molecule has 0 atom stereocenters. The van der Waals surface area contributed by atoms with Gasteiger partial charge in [0.1, 0.15) is 0 Å². The summed E-state index contributed by atoms with van der Waals surface area (Å²) >= 11 is 12.3. The topological polar surface area (TPSA) is 68.9 Å². The number of methoxy groups -OCH3 is 2. The normalized spacial score (nSPS) is 10.8. The summed E-state index contributed by atoms with van der Waals surface area (Å²) in [6, 6.07) is 11.1. The fourth-order valence-corrected chi connectivity index (χ4v) is 2.88. The van der Waals surface area contributed by atoms with Crippen LogP contribution < -0.4 is 20.5 Å². The summed E-state index contributed by atoms with van der Waals surface area (Å²) < 4.78 is 10.5. The van der Waals surface area contributed by atoms with Crippen LogP contribution in [0.1, 0.15) is 11.1 Å². The number of benzene rings is 2. The van der Waals surface area contributed by atoms with Gasteiger partial charge in [-0.3, -0.25) is 0 Å². The average Bonchev–Trinajstić information content (AvgIpc) is 2.62. The SMILES string of the molecule is COc1ccc(CN=C(N)NCCc2c(Cl)cccc2Cl)cc1OC.I. The number of rotatable bonds is 7. The highest BCUT2D eigenvalue weighted by Crippen LogP contribution is 2.27. The highest BCUT2D eigenvalue weighted by atomic mass is 127. The third kappa shape index (κ3) is 6.41. The molecule has 0 aliphatic rings. The van der Waals surface area contributed by atoms with E-state index in [0.29, 0.717) is 47.0 Å². The third-order valence-electron chi connectivity index (χ3n) is 3.62. The van der Waals surface area contributed by atoms with Gasteiger partial charge >= 0.3 is 0 Å². The molecule has 5 nitrogen and oxygen atoms in total. The molecule has 0 heterocycles. The first-order chi connectivity index (χ1) is 12.0. The van der Waals surface area contributed by atoms with Gasteiger partial charge in [0, 0.05) is 16.6 Å². The zero-order valence-corrected chi connectivity index (χ0v) is 18.4. The van der Waals surface area contributed by atoms with Crippen molar-refractivity contribution in [3.05, 3.63) is 57.6 Å². The number of ether oxygens (including phenoxy) is 2. The maximum atomic E-state index is 6.14. The van der Waals surface area contributed by atoms with Crippen LogP contribution in [0.5, 0.6) is 11.5 Å². The van der Waals surface area contributed by atoms with Crippen molar-refractivity contribution in [1.29, 1.82) is 0 Å². The number of hydrogen-bond donors (Lipinski definition) is 2. The van der Waals surface area contributed by atoms with Crippen LogP contribution >= 0.6 is 47.2 Å². The fourth-order valence-electron chi connectivity index (χ4n) is 2.30. The number of hydrogen-bond acceptors (Lipinski definition) is 3. The van der Waals surface area contributed by atoms with Crippen molar-refractivity contribution < 1.29 is 9.47 Å². The van der Waals surface area contributed by atoms with Crippen molar-refractivity contribution in [3.8, 4) is 11.5 Å². The lowest BCUT2D eigenvalue weighted by Crippen LogP contribution is -2.33. The molecule has 0 aliphatic heterocycles. The molecule has 0 amide bonds. The van der Waals surface area contributed by atoms with Crippen molar-refractivity contribution in [2.45, 2.75) is 13.0 Å². The van der Waals surface area contributed by atoms with Gasteiger partial charge in [0.25, 0.3) is 0 Å². The minimum atomic E-state index is 0. The Hall–Kier alpha value is -1.38. The Bertz CT molecular complexity index is 737. The zero-order valence-electron chi connectivity index (χ0n) is 14.6. The van der Waals surface area contributed by atoms with Crippen LogP contribution in [0.25, 0.3) is 0 Å². The van der Waals surface area contributed by atoms with E-state index in [9.17, 15) is 0 Å². The van der Waals surface area contributed by atoms with Crippen LogP contribution in [0.3, 0.4) is 0 Å². The molecule has 142 valence electrons. The zero-order chi connectivity index (χ0) is 18.2. The van der Waals surface area contributed by atoms with Crippen LogP contribution in [-0.2, 0) is 13.0 Å². The predicted octanol–water partition coefficient (Wildman–Crippen LogP) is 4.28. The summed E-state index contributed by atoms with van der Waals surface area (Å²) in [4.78, 5) is 4.32. The van der Waals surface area contributed by atoms with Gasteiger partial charge < -0.3 is 20.5 Å². The molecule has 2 aromatic rings. The number of nitrogens with one attached hydrogen (secondary N) is 1. The smallest absolute Gasteiger partial charge is 0.188 e. The van der Waals surface area contributed by atoms with Gasteiger partial charge in [-0.15, -0.1) is 24.0 Å². The molecular weight excluding hydrogens is 488 g/mol. The van der Waals surface area contributed by atoms with E-state index in [1.807, 2.05) is 36.4 Å². The molecular formula is C18H22Cl2IN3O2. The first-order valence-electron chi connectivity index (χ1n) is 7.72. The predicted molar refractivity (Wildman–Crippen MR) is 118 cm³/mol. The van der Waals surface area contributed by atoms with E-state index in [0.717, 1.165) is 11.1 Å². The first-order valence-corrected chi connectivity index (χ1v) is 8.48. The lowest BCUT2D eigenvalue weighted by atomic mass is 10.1. The van der Waals surface area contributed by atoms with E-state index in [4.69, 9.17) is 38.4 Å². The van der Waals surface area contributed by atoms with E-state index >= 15 is 0 Å². The fraction of sp³-hybridized carbons (Fsp3) is 0.278. The van der Waals surface area contributed by atoms with Crippen molar-refractivity contribution in [2.24, 2.45) is 10.7 Å². The minimum absolute atomic E-state index is 0. The Morgan fingerprint density at radius 3 is 2.35 bits per heavy atom. The number of guanidine groups is 1. The van der Waals surface area contributed by atoms with Crippen molar-refractivity contribution in [2.75, 3.05) is 20.8 Å². The molecule has 0 radical (unpaired) electrons. The number of nitrogens with zero attached hydrogens (tertiary/aromatic N) is 1. The van der Waals surface area contributed by atoms with Gasteiger partial charge in [0.2, 0.25) is 0 Å². The van der Waals surface area contributed by atoms with Crippen LogP contribution in [0.4, 0.5) is 0 Å². The molecule has 3 N–H and O–H groups in total. The lowest BCUT2D eigenvalue weighted by molar-refractivity contribution is 0.354. The first kappa shape index (κ1) is 22.7. The molecule has 26 heavy (non-hydrogen) atoms. The third-order valence-corrected chi connectivity index (χ3v) is 4.33. The van der Waals surface area contributed by atoms with Gasteiger partial charge in [0.15, 0.2) is 17.5 Å². The molecule has 0 aromatic heterocycles. The van der Waals surface area contributed by atoms with E-state index < -0.39 is 0 Å². The Morgan fingerprint density at radius 2 is 1.73 bits per heavy atom. The van der Waals surface area contributed by atoms with E-state index in [-0.39, 0.29) is 24.0 Å². The van der Waals surface area contributed by atoms with Crippen molar-refractivity contribution >= 4 is 53.1 Å². The summed E-state index contributed by atoms with van der Waals surface area (Å²) in [6.45, 7) is 1.02. The Kier molecular flexibility index (Phi) is 9.90. The van der Waals surface area contributed by atoms with E-state index in [2.05, 4.69) is 10.3 Å². The Balaban J connectivity index is 0.00000338. The molecule has 0 saturated heterocycles. The molecule has 2 aromatic carbocycles. The summed E-state index contributed by atoms with van der Waals surface area (Å²) in [5.41, 5.74) is 7.77. The molecule has 0 spiro atoms. The summed E-state index contributed by atoms with van der Waals surface area (Å²) in [7, 11) is 3.20. The summed E-state index contributed by atoms with van der Waals surface area (Å²) in [5.74, 6) is 1.70. The average molecular weight is 510 g/mol. The molecule has 0 aliphatic carbocycles. The second kappa shape index (κ2) is 11.4. The minimum Gasteiger partial charge on any atom is -0.493 e. The lowest BCUT2D eigenvalue weighted by Gasteiger charge is -2.10. The molecule has 2 rings (SSSR count). The molecule has 0 saturated carbocycles. The maximum Gasteiger partial charge on any atom is 0.188 e. The van der Waals surface area contributed by atoms with Crippen LogP contribution in [0.15, 0.2) is 41.4 Å². The molecule has 8 heteroatoms. The van der Waals surface area contributed by atoms with Gasteiger partial charge in [-0.2, -0.15) is 0 Å². The van der Waals surface area contributed by atoms with Gasteiger partial charge in [-0.1, -0.05) is 35.3 Å². The van der Waals surface area contributed by atoms with Crippen molar-refractivity contribution in [3.63, 3.8) is 0 Å². The summed E-state index contributed by atoms with van der Waals surface area (Å²) in [5, 5.41) is 4.36. The van der Waals surface area contributed by atoms with Crippen molar-refractivity contribution in [1.82, 2.24) is 5.32 Å². The monoisotopic (exact) mass is 509 g/mol. The molecule has 0 unspecified atom stereocenters. The molecule has 0 fully saturated rings. The van der Waals surface area contributed by atoms with Gasteiger partial charge in [-0.05, 0) is 41.8 Å².